The van der Waals surface area contributed by atoms with Crippen LogP contribution in [0.1, 0.15) is 19.8 Å². The molecule has 0 aromatic rings. The third-order valence-electron chi connectivity index (χ3n) is 3.04. The minimum absolute atomic E-state index is 0.0142. The summed E-state index contributed by atoms with van der Waals surface area (Å²) in [7, 11) is 0. The highest BCUT2D eigenvalue weighted by Gasteiger charge is 2.20. The third-order valence-corrected chi connectivity index (χ3v) is 3.04. The number of hydrogen-bond donors (Lipinski definition) is 2. The lowest BCUT2D eigenvalue weighted by Crippen LogP contribution is -2.49. The number of rotatable bonds is 8. The van der Waals surface area contributed by atoms with E-state index in [9.17, 15) is 9.59 Å². The molecule has 0 aliphatic carbocycles. The van der Waals surface area contributed by atoms with Crippen LogP contribution < -0.4 is 11.1 Å². The van der Waals surface area contributed by atoms with E-state index in [1.54, 1.807) is 6.92 Å². The topological polar surface area (TPSA) is 93.9 Å². The Morgan fingerprint density at radius 3 is 3.00 bits per heavy atom. The summed E-state index contributed by atoms with van der Waals surface area (Å²) in [6.45, 7) is 5.51. The number of esters is 1. The number of nitrogens with zero attached hydrogens (tertiary/aromatic N) is 1. The summed E-state index contributed by atoms with van der Waals surface area (Å²) < 4.78 is 10.2. The van der Waals surface area contributed by atoms with Crippen LogP contribution in [0.4, 0.5) is 0 Å². The fourth-order valence-corrected chi connectivity index (χ4v) is 2.02. The molecule has 1 aliphatic heterocycles. The largest absolute Gasteiger partial charge is 0.466 e. The Hall–Kier alpha value is -1.18. The first-order chi connectivity index (χ1) is 9.65. The van der Waals surface area contributed by atoms with E-state index in [0.717, 1.165) is 6.54 Å². The zero-order valence-electron chi connectivity index (χ0n) is 12.1. The van der Waals surface area contributed by atoms with E-state index in [-0.39, 0.29) is 18.0 Å². The Labute approximate surface area is 119 Å². The Balaban J connectivity index is 2.09. The monoisotopic (exact) mass is 287 g/mol. The number of carbonyl (C=O) groups is 2. The number of nitrogens with two attached hydrogens (primary N) is 1. The van der Waals surface area contributed by atoms with Crippen LogP contribution in [0.2, 0.25) is 0 Å². The maximum Gasteiger partial charge on any atom is 0.305 e. The fraction of sp³-hybridized carbons (Fsp3) is 0.846. The van der Waals surface area contributed by atoms with Crippen molar-refractivity contribution in [3.8, 4) is 0 Å². The highest BCUT2D eigenvalue weighted by Crippen LogP contribution is 2.03. The van der Waals surface area contributed by atoms with E-state index in [2.05, 4.69) is 5.32 Å². The summed E-state index contributed by atoms with van der Waals surface area (Å²) >= 11 is 0. The van der Waals surface area contributed by atoms with Gasteiger partial charge in [-0.05, 0) is 13.3 Å². The molecule has 0 radical (unpaired) electrons. The van der Waals surface area contributed by atoms with Crippen LogP contribution in [0.5, 0.6) is 0 Å². The molecule has 1 unspecified atom stereocenters. The van der Waals surface area contributed by atoms with Crippen molar-refractivity contribution < 1.29 is 19.1 Å². The van der Waals surface area contributed by atoms with Gasteiger partial charge < -0.3 is 20.5 Å². The number of ether oxygens (including phenoxy) is 2. The van der Waals surface area contributed by atoms with Crippen molar-refractivity contribution >= 4 is 11.9 Å². The fourth-order valence-electron chi connectivity index (χ4n) is 2.02. The lowest BCUT2D eigenvalue weighted by atomic mass is 10.2. The van der Waals surface area contributed by atoms with Crippen LogP contribution in [0.25, 0.3) is 0 Å². The zero-order chi connectivity index (χ0) is 14.8. The molecule has 116 valence electrons. The molecule has 1 aliphatic rings. The highest BCUT2D eigenvalue weighted by atomic mass is 16.5. The summed E-state index contributed by atoms with van der Waals surface area (Å²) in [6, 6.07) is 0. The standard InChI is InChI=1S/C13H25N3O4/c1-2-19-13(18)4-3-5-15-12(17)10-16-6-7-20-11(8-14)9-16/h11H,2-10,14H2,1H3,(H,15,17). The van der Waals surface area contributed by atoms with Crippen molar-refractivity contribution in [2.75, 3.05) is 45.9 Å². The average molecular weight is 287 g/mol. The van der Waals surface area contributed by atoms with Crippen molar-refractivity contribution in [2.24, 2.45) is 5.73 Å². The molecular weight excluding hydrogens is 262 g/mol. The summed E-state index contributed by atoms with van der Waals surface area (Å²) in [6.07, 6.45) is 0.945. The SMILES string of the molecule is CCOC(=O)CCCNC(=O)CN1CCOC(CN)C1. The van der Waals surface area contributed by atoms with Gasteiger partial charge >= 0.3 is 5.97 Å². The maximum absolute atomic E-state index is 11.7. The van der Waals surface area contributed by atoms with E-state index >= 15 is 0 Å². The molecule has 20 heavy (non-hydrogen) atoms. The molecule has 1 heterocycles. The van der Waals surface area contributed by atoms with Gasteiger partial charge in [0.25, 0.3) is 0 Å². The lowest BCUT2D eigenvalue weighted by molar-refractivity contribution is -0.143. The molecule has 0 bridgehead atoms. The second-order valence-electron chi connectivity index (χ2n) is 4.72. The quantitative estimate of drug-likeness (QED) is 0.444. The minimum atomic E-state index is -0.222. The maximum atomic E-state index is 11.7. The van der Waals surface area contributed by atoms with Gasteiger partial charge in [-0.25, -0.2) is 0 Å². The van der Waals surface area contributed by atoms with Crippen molar-refractivity contribution in [3.63, 3.8) is 0 Å². The number of amides is 1. The van der Waals surface area contributed by atoms with E-state index < -0.39 is 0 Å². The molecule has 0 spiro atoms. The van der Waals surface area contributed by atoms with E-state index in [1.165, 1.54) is 0 Å². The van der Waals surface area contributed by atoms with Crippen LogP contribution in [0, 0.1) is 0 Å². The second kappa shape index (κ2) is 9.68. The van der Waals surface area contributed by atoms with E-state index in [4.69, 9.17) is 15.2 Å². The van der Waals surface area contributed by atoms with Crippen molar-refractivity contribution in [2.45, 2.75) is 25.9 Å². The molecule has 1 fully saturated rings. The molecule has 7 nitrogen and oxygen atoms in total. The molecule has 0 aromatic carbocycles. The molecule has 7 heteroatoms. The summed E-state index contributed by atoms with van der Waals surface area (Å²) in [5.74, 6) is -0.257. The van der Waals surface area contributed by atoms with Crippen molar-refractivity contribution in [1.82, 2.24) is 10.2 Å². The Kier molecular flexibility index (Phi) is 8.17. The molecule has 1 amide bonds. The lowest BCUT2D eigenvalue weighted by Gasteiger charge is -2.31. The highest BCUT2D eigenvalue weighted by molar-refractivity contribution is 5.78. The van der Waals surface area contributed by atoms with Crippen LogP contribution in [-0.2, 0) is 19.1 Å². The number of nitrogens with one attached hydrogen (secondary N) is 1. The van der Waals surface area contributed by atoms with Gasteiger partial charge in [-0.2, -0.15) is 0 Å². The van der Waals surface area contributed by atoms with Gasteiger partial charge in [0.15, 0.2) is 0 Å². The van der Waals surface area contributed by atoms with Gasteiger partial charge in [-0.3, -0.25) is 14.5 Å². The molecule has 3 N–H and O–H groups in total. The normalized spacial score (nSPS) is 19.6. The van der Waals surface area contributed by atoms with Gasteiger partial charge in [-0.1, -0.05) is 0 Å². The molecule has 1 atom stereocenters. The molecule has 0 aromatic heterocycles. The molecule has 1 saturated heterocycles. The predicted molar refractivity (Wildman–Crippen MR) is 74.1 cm³/mol. The first-order valence-electron chi connectivity index (χ1n) is 7.12. The van der Waals surface area contributed by atoms with Gasteiger partial charge in [-0.15, -0.1) is 0 Å². The number of carbonyl (C=O) groups excluding carboxylic acids is 2. The minimum Gasteiger partial charge on any atom is -0.466 e. The summed E-state index contributed by atoms with van der Waals surface area (Å²) in [5.41, 5.74) is 5.55. The van der Waals surface area contributed by atoms with Crippen LogP contribution >= 0.6 is 0 Å². The van der Waals surface area contributed by atoms with Crippen LogP contribution in [0.15, 0.2) is 0 Å². The van der Waals surface area contributed by atoms with E-state index in [0.29, 0.717) is 52.2 Å². The van der Waals surface area contributed by atoms with Gasteiger partial charge in [0.2, 0.25) is 5.91 Å². The predicted octanol–water partition coefficient (Wildman–Crippen LogP) is -0.895. The van der Waals surface area contributed by atoms with Gasteiger partial charge in [0.1, 0.15) is 0 Å². The third kappa shape index (κ3) is 6.83. The van der Waals surface area contributed by atoms with Crippen LogP contribution in [-0.4, -0.2) is 68.8 Å². The van der Waals surface area contributed by atoms with E-state index in [1.807, 2.05) is 4.90 Å². The van der Waals surface area contributed by atoms with Gasteiger partial charge in [0, 0.05) is 32.6 Å². The second-order valence-corrected chi connectivity index (χ2v) is 4.72. The van der Waals surface area contributed by atoms with Crippen molar-refractivity contribution in [3.05, 3.63) is 0 Å². The summed E-state index contributed by atoms with van der Waals surface area (Å²) in [5, 5.41) is 2.80. The number of morpholine rings is 1. The van der Waals surface area contributed by atoms with Crippen LogP contribution in [0.3, 0.4) is 0 Å². The molecule has 1 rings (SSSR count). The summed E-state index contributed by atoms with van der Waals surface area (Å²) in [4.78, 5) is 24.9. The Morgan fingerprint density at radius 1 is 1.50 bits per heavy atom. The molecule has 0 saturated carbocycles. The average Bonchev–Trinajstić information content (AvgIpc) is 2.44. The molecular formula is C13H25N3O4. The number of hydrogen-bond acceptors (Lipinski definition) is 6. The van der Waals surface area contributed by atoms with Crippen molar-refractivity contribution in [1.29, 1.82) is 0 Å². The Morgan fingerprint density at radius 2 is 2.30 bits per heavy atom. The Bertz CT molecular complexity index is 312. The first-order valence-corrected chi connectivity index (χ1v) is 7.12. The van der Waals surface area contributed by atoms with Gasteiger partial charge in [0.05, 0.1) is 25.9 Å². The smallest absolute Gasteiger partial charge is 0.305 e. The first kappa shape index (κ1) is 16.9. The zero-order valence-corrected chi connectivity index (χ0v) is 12.1.